The Balaban J connectivity index is 1.52. The van der Waals surface area contributed by atoms with Gasteiger partial charge in [0.15, 0.2) is 0 Å². The van der Waals surface area contributed by atoms with E-state index in [2.05, 4.69) is 39.3 Å². The minimum atomic E-state index is -0.202. The molecule has 2 aliphatic rings. The molecule has 3 aromatic rings. The van der Waals surface area contributed by atoms with Gasteiger partial charge in [-0.05, 0) is 19.4 Å². The summed E-state index contributed by atoms with van der Waals surface area (Å²) in [6.07, 6.45) is 2.50. The maximum Gasteiger partial charge on any atom is 0.147 e. The van der Waals surface area contributed by atoms with Crippen LogP contribution < -0.4 is 10.6 Å². The number of pyridine rings is 1. The summed E-state index contributed by atoms with van der Waals surface area (Å²) in [7, 11) is 1.92. The highest BCUT2D eigenvalue weighted by molar-refractivity contribution is 7.26. The van der Waals surface area contributed by atoms with Crippen LogP contribution in [0.2, 0.25) is 0 Å². The number of rotatable bonds is 5. The molecule has 9 heteroatoms. The number of hydrogen-bond donors (Lipinski definition) is 2. The van der Waals surface area contributed by atoms with Crippen LogP contribution >= 0.6 is 11.3 Å². The molecule has 1 fully saturated rings. The number of anilines is 2. The van der Waals surface area contributed by atoms with E-state index in [1.165, 1.54) is 5.56 Å². The third kappa shape index (κ3) is 3.60. The van der Waals surface area contributed by atoms with Crippen molar-refractivity contribution in [2.75, 3.05) is 57.1 Å². The number of thiophene rings is 1. The first-order chi connectivity index (χ1) is 14.6. The molecule has 8 nitrogen and oxygen atoms in total. The molecule has 0 amide bonds. The van der Waals surface area contributed by atoms with Gasteiger partial charge in [0.2, 0.25) is 0 Å². The van der Waals surface area contributed by atoms with Crippen molar-refractivity contribution >= 4 is 43.4 Å². The molecule has 0 radical (unpaired) electrons. The molecule has 30 heavy (non-hydrogen) atoms. The summed E-state index contributed by atoms with van der Waals surface area (Å²) in [5.74, 6) is 1.79. The first-order valence-corrected chi connectivity index (χ1v) is 11.3. The largest absolute Gasteiger partial charge is 0.379 e. The molecular formula is C21H28N6O2S. The minimum absolute atomic E-state index is 0.202. The van der Waals surface area contributed by atoms with Crippen LogP contribution in [0.4, 0.5) is 11.6 Å². The summed E-state index contributed by atoms with van der Waals surface area (Å²) >= 11 is 1.66. The van der Waals surface area contributed by atoms with E-state index in [0.717, 1.165) is 83.4 Å². The zero-order valence-corrected chi connectivity index (χ0v) is 18.6. The molecule has 0 unspecified atom stereocenters. The Morgan fingerprint density at radius 2 is 2.00 bits per heavy atom. The molecule has 0 aliphatic carbocycles. The maximum absolute atomic E-state index is 6.07. The highest BCUT2D eigenvalue weighted by Crippen LogP contribution is 2.43. The van der Waals surface area contributed by atoms with Gasteiger partial charge in [0.05, 0.1) is 35.6 Å². The minimum Gasteiger partial charge on any atom is -0.379 e. The fraction of sp³-hybridized carbons (Fsp3) is 0.571. The Bertz CT molecular complexity index is 1080. The lowest BCUT2D eigenvalue weighted by Gasteiger charge is -2.33. The topological polar surface area (TPSA) is 84.4 Å². The predicted molar refractivity (Wildman–Crippen MR) is 121 cm³/mol. The second kappa shape index (κ2) is 7.88. The molecule has 0 bridgehead atoms. The normalized spacial score (nSPS) is 19.2. The number of morpholine rings is 1. The van der Waals surface area contributed by atoms with E-state index in [-0.39, 0.29) is 5.60 Å². The SMILES string of the molecule is CNc1nc2sc3c(NCCN4CCOCC4)ncnc3c2c2c1COC(C)(C)C2. The smallest absolute Gasteiger partial charge is 0.147 e. The van der Waals surface area contributed by atoms with Gasteiger partial charge in [0.25, 0.3) is 0 Å². The Labute approximate surface area is 180 Å². The summed E-state index contributed by atoms with van der Waals surface area (Å²) in [4.78, 5) is 17.5. The number of ether oxygens (including phenoxy) is 2. The molecule has 0 aromatic carbocycles. The number of fused-ring (bicyclic) bond motifs is 5. The van der Waals surface area contributed by atoms with Crippen molar-refractivity contribution in [2.45, 2.75) is 32.5 Å². The van der Waals surface area contributed by atoms with Crippen LogP contribution in [-0.2, 0) is 22.5 Å². The van der Waals surface area contributed by atoms with E-state index in [0.29, 0.717) is 6.61 Å². The van der Waals surface area contributed by atoms with Gasteiger partial charge in [-0.3, -0.25) is 4.90 Å². The van der Waals surface area contributed by atoms with Gasteiger partial charge in [-0.15, -0.1) is 11.3 Å². The summed E-state index contributed by atoms with van der Waals surface area (Å²) in [6.45, 7) is 10.3. The fourth-order valence-corrected chi connectivity index (χ4v) is 5.42. The predicted octanol–water partition coefficient (Wildman–Crippen LogP) is 2.88. The summed E-state index contributed by atoms with van der Waals surface area (Å²) in [5.41, 5.74) is 3.23. The first kappa shape index (κ1) is 19.9. The van der Waals surface area contributed by atoms with Crippen molar-refractivity contribution in [1.82, 2.24) is 19.9 Å². The highest BCUT2D eigenvalue weighted by Gasteiger charge is 2.31. The third-order valence-corrected chi connectivity index (χ3v) is 6.97. The van der Waals surface area contributed by atoms with Crippen molar-refractivity contribution in [2.24, 2.45) is 0 Å². The monoisotopic (exact) mass is 428 g/mol. The first-order valence-electron chi connectivity index (χ1n) is 10.5. The maximum atomic E-state index is 6.07. The molecule has 5 rings (SSSR count). The van der Waals surface area contributed by atoms with E-state index in [9.17, 15) is 0 Å². The number of nitrogens with zero attached hydrogens (tertiary/aromatic N) is 4. The van der Waals surface area contributed by atoms with Crippen LogP contribution in [0.3, 0.4) is 0 Å². The molecular weight excluding hydrogens is 400 g/mol. The van der Waals surface area contributed by atoms with Crippen molar-refractivity contribution in [3.8, 4) is 0 Å². The van der Waals surface area contributed by atoms with Crippen LogP contribution in [-0.4, -0.2) is 71.9 Å². The lowest BCUT2D eigenvalue weighted by Crippen LogP contribution is -2.39. The zero-order valence-electron chi connectivity index (χ0n) is 17.7. The van der Waals surface area contributed by atoms with E-state index in [1.54, 1.807) is 17.7 Å². The standard InChI is InChI=1S/C21H28N6O2S/c1-21(2)10-13-14(11-29-21)18(22-3)26-20-15(13)16-17(30-20)19(25-12-24-16)23-4-5-27-6-8-28-9-7-27/h12H,4-11H2,1-3H3,(H,22,26)(H,23,24,25). The van der Waals surface area contributed by atoms with Crippen molar-refractivity contribution in [1.29, 1.82) is 0 Å². The molecule has 2 N–H and O–H groups in total. The lowest BCUT2D eigenvalue weighted by molar-refractivity contribution is -0.0394. The highest BCUT2D eigenvalue weighted by atomic mass is 32.1. The van der Waals surface area contributed by atoms with E-state index >= 15 is 0 Å². The molecule has 0 spiro atoms. The number of hydrogen-bond acceptors (Lipinski definition) is 9. The summed E-state index contributed by atoms with van der Waals surface area (Å²) < 4.78 is 12.6. The Hall–Kier alpha value is -2.07. The summed E-state index contributed by atoms with van der Waals surface area (Å²) in [6, 6.07) is 0. The Morgan fingerprint density at radius 3 is 2.80 bits per heavy atom. The average molecular weight is 429 g/mol. The third-order valence-electron chi connectivity index (χ3n) is 5.89. The Morgan fingerprint density at radius 1 is 1.17 bits per heavy atom. The van der Waals surface area contributed by atoms with E-state index in [4.69, 9.17) is 14.5 Å². The van der Waals surface area contributed by atoms with Crippen LogP contribution in [0.1, 0.15) is 25.0 Å². The molecule has 0 saturated carbocycles. The van der Waals surface area contributed by atoms with Gasteiger partial charge in [-0.2, -0.15) is 0 Å². The van der Waals surface area contributed by atoms with Gasteiger partial charge < -0.3 is 20.1 Å². The second-order valence-electron chi connectivity index (χ2n) is 8.46. The summed E-state index contributed by atoms with van der Waals surface area (Å²) in [5, 5.41) is 7.93. The molecule has 160 valence electrons. The van der Waals surface area contributed by atoms with Crippen LogP contribution in [0.5, 0.6) is 0 Å². The zero-order chi connectivity index (χ0) is 20.7. The van der Waals surface area contributed by atoms with Gasteiger partial charge in [-0.25, -0.2) is 15.0 Å². The van der Waals surface area contributed by atoms with Crippen LogP contribution in [0.25, 0.3) is 20.4 Å². The number of aromatic nitrogens is 3. The average Bonchev–Trinajstić information content (AvgIpc) is 3.13. The van der Waals surface area contributed by atoms with Gasteiger partial charge in [0.1, 0.15) is 22.8 Å². The van der Waals surface area contributed by atoms with Crippen molar-refractivity contribution < 1.29 is 9.47 Å². The van der Waals surface area contributed by atoms with Gasteiger partial charge in [-0.1, -0.05) is 0 Å². The molecule has 1 saturated heterocycles. The van der Waals surface area contributed by atoms with E-state index in [1.807, 2.05) is 7.05 Å². The van der Waals surface area contributed by atoms with E-state index < -0.39 is 0 Å². The van der Waals surface area contributed by atoms with Crippen LogP contribution in [0, 0.1) is 0 Å². The molecule has 2 aliphatic heterocycles. The Kier molecular flexibility index (Phi) is 5.22. The molecule has 0 atom stereocenters. The fourth-order valence-electron chi connectivity index (χ4n) is 4.30. The van der Waals surface area contributed by atoms with Crippen molar-refractivity contribution in [3.63, 3.8) is 0 Å². The van der Waals surface area contributed by atoms with Crippen LogP contribution in [0.15, 0.2) is 6.33 Å². The number of nitrogens with one attached hydrogen (secondary N) is 2. The quantitative estimate of drug-likeness (QED) is 0.642. The van der Waals surface area contributed by atoms with Gasteiger partial charge in [0, 0.05) is 50.6 Å². The van der Waals surface area contributed by atoms with Crippen molar-refractivity contribution in [3.05, 3.63) is 17.5 Å². The van der Waals surface area contributed by atoms with Gasteiger partial charge >= 0.3 is 0 Å². The lowest BCUT2D eigenvalue weighted by atomic mass is 9.90. The molecule has 5 heterocycles. The molecule has 3 aromatic heterocycles. The second-order valence-corrected chi connectivity index (χ2v) is 9.45.